The van der Waals surface area contributed by atoms with Gasteiger partial charge in [0.15, 0.2) is 0 Å². The Morgan fingerprint density at radius 3 is 2.75 bits per heavy atom. The molecule has 1 aliphatic rings. The van der Waals surface area contributed by atoms with Crippen LogP contribution >= 0.6 is 11.8 Å². The molecule has 0 aliphatic carbocycles. The number of carbonyl (C=O) groups excluding carboxylic acids is 1. The number of carbonyl (C=O) groups is 1. The summed E-state index contributed by atoms with van der Waals surface area (Å²) in [5.41, 5.74) is 2.98. The Morgan fingerprint density at radius 2 is 2.00 bits per heavy atom. The van der Waals surface area contributed by atoms with Crippen molar-refractivity contribution in [2.24, 2.45) is 10.1 Å². The van der Waals surface area contributed by atoms with Crippen LogP contribution in [0.2, 0.25) is 0 Å². The zero-order valence-electron chi connectivity index (χ0n) is 16.3. The molecule has 0 spiro atoms. The van der Waals surface area contributed by atoms with Gasteiger partial charge >= 0.3 is 0 Å². The predicted octanol–water partition coefficient (Wildman–Crippen LogP) is 4.06. The second-order valence-electron chi connectivity index (χ2n) is 6.44. The normalized spacial score (nSPS) is 13.6. The highest BCUT2D eigenvalue weighted by atomic mass is 32.2. The molecule has 1 aliphatic heterocycles. The molecule has 0 saturated carbocycles. The van der Waals surface area contributed by atoms with Crippen LogP contribution in [0.15, 0.2) is 58.6 Å². The molecule has 146 valence electrons. The number of thioether (sulfide) groups is 1. The SMILES string of the molecule is CCN1CC(Oc2ccccc2)=NC(SCC(=O)Nc2cc(C)ccc2C)=N1. The molecule has 1 N–H and O–H groups in total. The molecular weight excluding hydrogens is 372 g/mol. The van der Waals surface area contributed by atoms with Crippen LogP contribution in [0.1, 0.15) is 18.1 Å². The first-order valence-corrected chi connectivity index (χ1v) is 10.2. The molecule has 0 unspecified atom stereocenters. The molecule has 0 saturated heterocycles. The van der Waals surface area contributed by atoms with E-state index in [0.29, 0.717) is 17.6 Å². The first kappa shape index (κ1) is 19.9. The summed E-state index contributed by atoms with van der Waals surface area (Å²) in [5, 5.41) is 9.82. The maximum atomic E-state index is 12.4. The second kappa shape index (κ2) is 9.41. The molecule has 2 aromatic carbocycles. The number of nitrogens with one attached hydrogen (secondary N) is 1. The lowest BCUT2D eigenvalue weighted by atomic mass is 10.1. The van der Waals surface area contributed by atoms with E-state index in [1.54, 1.807) is 0 Å². The number of amides is 1. The van der Waals surface area contributed by atoms with Gasteiger partial charge < -0.3 is 10.1 Å². The van der Waals surface area contributed by atoms with Crippen molar-refractivity contribution in [3.05, 3.63) is 59.7 Å². The molecule has 7 heteroatoms. The Kier molecular flexibility index (Phi) is 6.71. The fraction of sp³-hybridized carbons (Fsp3) is 0.286. The molecule has 6 nitrogen and oxygen atoms in total. The summed E-state index contributed by atoms with van der Waals surface area (Å²) in [6.45, 7) is 7.23. The zero-order valence-corrected chi connectivity index (χ0v) is 17.1. The van der Waals surface area contributed by atoms with Crippen molar-refractivity contribution in [3.8, 4) is 5.75 Å². The number of hydrazone groups is 1. The van der Waals surface area contributed by atoms with Gasteiger partial charge in [0, 0.05) is 12.2 Å². The van der Waals surface area contributed by atoms with Crippen molar-refractivity contribution in [2.45, 2.75) is 20.8 Å². The Bertz CT molecular complexity index is 897. The van der Waals surface area contributed by atoms with Gasteiger partial charge in [0.2, 0.25) is 17.0 Å². The van der Waals surface area contributed by atoms with Gasteiger partial charge in [0.25, 0.3) is 0 Å². The van der Waals surface area contributed by atoms with Crippen LogP contribution < -0.4 is 10.1 Å². The van der Waals surface area contributed by atoms with Gasteiger partial charge in [-0.15, -0.1) is 5.10 Å². The minimum atomic E-state index is -0.0873. The van der Waals surface area contributed by atoms with Crippen molar-refractivity contribution >= 4 is 34.4 Å². The van der Waals surface area contributed by atoms with Crippen molar-refractivity contribution < 1.29 is 9.53 Å². The van der Waals surface area contributed by atoms with E-state index >= 15 is 0 Å². The maximum Gasteiger partial charge on any atom is 0.234 e. The highest BCUT2D eigenvalue weighted by Crippen LogP contribution is 2.18. The molecule has 3 rings (SSSR count). The third kappa shape index (κ3) is 5.60. The molecule has 1 amide bonds. The number of rotatable bonds is 5. The Labute approximate surface area is 169 Å². The third-order valence-corrected chi connectivity index (χ3v) is 4.95. The van der Waals surface area contributed by atoms with Gasteiger partial charge in [-0.05, 0) is 50.1 Å². The van der Waals surface area contributed by atoms with Crippen LogP contribution in [-0.4, -0.2) is 40.8 Å². The summed E-state index contributed by atoms with van der Waals surface area (Å²) in [6, 6.07) is 15.5. The van der Waals surface area contributed by atoms with Crippen molar-refractivity contribution in [3.63, 3.8) is 0 Å². The molecular formula is C21H24N4O2S. The van der Waals surface area contributed by atoms with Crippen LogP contribution in [0.4, 0.5) is 5.69 Å². The van der Waals surface area contributed by atoms with Crippen LogP contribution in [0.5, 0.6) is 5.75 Å². The minimum absolute atomic E-state index is 0.0873. The number of likely N-dealkylation sites (N-methyl/N-ethyl adjacent to an activating group) is 1. The monoisotopic (exact) mass is 396 g/mol. The quantitative estimate of drug-likeness (QED) is 0.828. The van der Waals surface area contributed by atoms with Crippen LogP contribution in [0.3, 0.4) is 0 Å². The van der Waals surface area contributed by atoms with Gasteiger partial charge in [0.05, 0.1) is 5.75 Å². The highest BCUT2D eigenvalue weighted by Gasteiger charge is 2.18. The number of hydrogen-bond donors (Lipinski definition) is 1. The number of anilines is 1. The van der Waals surface area contributed by atoms with E-state index in [2.05, 4.69) is 15.4 Å². The Balaban J connectivity index is 1.62. The van der Waals surface area contributed by atoms with E-state index in [1.165, 1.54) is 11.8 Å². The fourth-order valence-corrected chi connectivity index (χ4v) is 3.26. The van der Waals surface area contributed by atoms with Gasteiger partial charge in [-0.1, -0.05) is 42.1 Å². The number of hydrogen-bond acceptors (Lipinski definition) is 6. The first-order valence-electron chi connectivity index (χ1n) is 9.17. The number of ether oxygens (including phenoxy) is 1. The van der Waals surface area contributed by atoms with Crippen LogP contribution in [0, 0.1) is 13.8 Å². The third-order valence-electron chi connectivity index (χ3n) is 4.11. The van der Waals surface area contributed by atoms with E-state index in [4.69, 9.17) is 4.74 Å². The van der Waals surface area contributed by atoms with E-state index in [9.17, 15) is 4.79 Å². The highest BCUT2D eigenvalue weighted by molar-refractivity contribution is 8.14. The Hall–Kier alpha value is -2.80. The largest absolute Gasteiger partial charge is 0.441 e. The average Bonchev–Trinajstić information content (AvgIpc) is 2.70. The smallest absolute Gasteiger partial charge is 0.234 e. The first-order chi connectivity index (χ1) is 13.5. The number of amidine groups is 1. The maximum absolute atomic E-state index is 12.4. The standard InChI is InChI=1S/C21H24N4O2S/c1-4-25-13-20(27-17-8-6-5-7-9-17)23-21(24-25)28-14-19(26)22-18-12-15(2)10-11-16(18)3/h5-12H,4,13-14H2,1-3H3,(H,22,26). The number of nitrogens with zero attached hydrogens (tertiary/aromatic N) is 3. The molecule has 28 heavy (non-hydrogen) atoms. The summed E-state index contributed by atoms with van der Waals surface area (Å²) < 4.78 is 5.86. The number of aryl methyl sites for hydroxylation is 2. The van der Waals surface area contributed by atoms with Gasteiger partial charge in [-0.25, -0.2) is 0 Å². The summed E-state index contributed by atoms with van der Waals surface area (Å²) in [4.78, 5) is 16.8. The summed E-state index contributed by atoms with van der Waals surface area (Å²) in [6.07, 6.45) is 0. The van der Waals surface area contributed by atoms with E-state index in [-0.39, 0.29) is 11.7 Å². The summed E-state index contributed by atoms with van der Waals surface area (Å²) >= 11 is 1.30. The lowest BCUT2D eigenvalue weighted by Gasteiger charge is -2.23. The zero-order chi connectivity index (χ0) is 19.9. The number of para-hydroxylation sites is 1. The van der Waals surface area contributed by atoms with Gasteiger partial charge in [-0.2, -0.15) is 4.99 Å². The molecule has 2 aromatic rings. The van der Waals surface area contributed by atoms with E-state index in [0.717, 1.165) is 29.1 Å². The van der Waals surface area contributed by atoms with Crippen molar-refractivity contribution in [1.82, 2.24) is 5.01 Å². The lowest BCUT2D eigenvalue weighted by Crippen LogP contribution is -2.33. The van der Waals surface area contributed by atoms with Gasteiger partial charge in [0.1, 0.15) is 12.3 Å². The summed E-state index contributed by atoms with van der Waals surface area (Å²) in [5.74, 6) is 1.44. The summed E-state index contributed by atoms with van der Waals surface area (Å²) in [7, 11) is 0. The number of aliphatic imine (C=N–C) groups is 1. The average molecular weight is 397 g/mol. The van der Waals surface area contributed by atoms with Crippen molar-refractivity contribution in [2.75, 3.05) is 24.2 Å². The number of benzene rings is 2. The molecule has 0 aromatic heterocycles. The second-order valence-corrected chi connectivity index (χ2v) is 7.38. The fourth-order valence-electron chi connectivity index (χ4n) is 2.59. The predicted molar refractivity (Wildman–Crippen MR) is 116 cm³/mol. The van der Waals surface area contributed by atoms with Gasteiger partial charge in [-0.3, -0.25) is 9.80 Å². The lowest BCUT2D eigenvalue weighted by molar-refractivity contribution is -0.113. The molecule has 0 radical (unpaired) electrons. The molecule has 0 bridgehead atoms. The Morgan fingerprint density at radius 1 is 1.21 bits per heavy atom. The molecule has 0 atom stereocenters. The van der Waals surface area contributed by atoms with Crippen LogP contribution in [0.25, 0.3) is 0 Å². The van der Waals surface area contributed by atoms with E-state index in [1.807, 2.05) is 74.3 Å². The van der Waals surface area contributed by atoms with Crippen LogP contribution in [-0.2, 0) is 4.79 Å². The van der Waals surface area contributed by atoms with Crippen molar-refractivity contribution in [1.29, 1.82) is 0 Å². The van der Waals surface area contributed by atoms with E-state index < -0.39 is 0 Å². The minimum Gasteiger partial charge on any atom is -0.441 e. The molecule has 0 fully saturated rings. The topological polar surface area (TPSA) is 66.3 Å². The molecule has 1 heterocycles.